The number of nitrogens with one attached hydrogen (secondary N) is 1. The van der Waals surface area contributed by atoms with E-state index < -0.39 is 5.97 Å². The van der Waals surface area contributed by atoms with Crippen LogP contribution in [0, 0.1) is 6.92 Å². The molecule has 116 valence electrons. The van der Waals surface area contributed by atoms with Gasteiger partial charge in [-0.15, -0.1) is 0 Å². The highest BCUT2D eigenvalue weighted by Crippen LogP contribution is 2.24. The third-order valence-corrected chi connectivity index (χ3v) is 3.85. The van der Waals surface area contributed by atoms with Gasteiger partial charge in [0.1, 0.15) is 10.6 Å². The third-order valence-electron chi connectivity index (χ3n) is 2.80. The molecule has 0 fully saturated rings. The summed E-state index contributed by atoms with van der Waals surface area (Å²) >= 11 is 1.08. The van der Waals surface area contributed by atoms with Crippen molar-refractivity contribution in [3.8, 4) is 5.75 Å². The van der Waals surface area contributed by atoms with E-state index in [-0.39, 0.29) is 5.91 Å². The summed E-state index contributed by atoms with van der Waals surface area (Å²) in [7, 11) is 1.30. The fourth-order valence-electron chi connectivity index (χ4n) is 1.80. The Labute approximate surface area is 132 Å². The summed E-state index contributed by atoms with van der Waals surface area (Å²) in [6.45, 7) is 4.09. The minimum absolute atomic E-state index is 0.313. The summed E-state index contributed by atoms with van der Waals surface area (Å²) in [6, 6.07) is 6.86. The molecule has 0 bridgehead atoms. The van der Waals surface area contributed by atoms with E-state index in [0.717, 1.165) is 11.3 Å². The van der Waals surface area contributed by atoms with Gasteiger partial charge < -0.3 is 9.47 Å². The summed E-state index contributed by atoms with van der Waals surface area (Å²) in [5.41, 5.74) is 0.980. The predicted molar refractivity (Wildman–Crippen MR) is 83.8 cm³/mol. The molecule has 1 heterocycles. The Morgan fingerprint density at radius 3 is 2.82 bits per heavy atom. The van der Waals surface area contributed by atoms with Crippen LogP contribution < -0.4 is 10.1 Å². The number of nitrogens with zero attached hydrogens (tertiary/aromatic N) is 1. The van der Waals surface area contributed by atoms with Crippen molar-refractivity contribution in [2.45, 2.75) is 13.8 Å². The van der Waals surface area contributed by atoms with Gasteiger partial charge in [-0.3, -0.25) is 10.1 Å². The first kappa shape index (κ1) is 16.0. The second kappa shape index (κ2) is 7.04. The molecule has 0 aliphatic carbocycles. The summed E-state index contributed by atoms with van der Waals surface area (Å²) in [5, 5.41) is 3.02. The van der Waals surface area contributed by atoms with Crippen molar-refractivity contribution in [1.82, 2.24) is 4.98 Å². The molecule has 0 aliphatic heterocycles. The van der Waals surface area contributed by atoms with E-state index >= 15 is 0 Å². The lowest BCUT2D eigenvalue weighted by atomic mass is 10.2. The molecule has 0 saturated heterocycles. The number of aryl methyl sites for hydroxylation is 1. The monoisotopic (exact) mass is 320 g/mol. The van der Waals surface area contributed by atoms with Crippen LogP contribution in [0.25, 0.3) is 0 Å². The van der Waals surface area contributed by atoms with Crippen LogP contribution in [-0.2, 0) is 4.74 Å². The van der Waals surface area contributed by atoms with Crippen molar-refractivity contribution < 1.29 is 19.1 Å². The van der Waals surface area contributed by atoms with Gasteiger partial charge in [-0.25, -0.2) is 9.78 Å². The molecule has 0 atom stereocenters. The van der Waals surface area contributed by atoms with E-state index in [4.69, 9.17) is 4.74 Å². The largest absolute Gasteiger partial charge is 0.494 e. The van der Waals surface area contributed by atoms with Gasteiger partial charge in [-0.05, 0) is 32.0 Å². The molecule has 1 N–H and O–H groups in total. The number of hydrogen-bond donors (Lipinski definition) is 1. The van der Waals surface area contributed by atoms with Gasteiger partial charge in [-0.1, -0.05) is 17.4 Å². The van der Waals surface area contributed by atoms with Crippen LogP contribution >= 0.6 is 11.3 Å². The van der Waals surface area contributed by atoms with E-state index in [1.165, 1.54) is 7.11 Å². The van der Waals surface area contributed by atoms with Crippen molar-refractivity contribution in [1.29, 1.82) is 0 Å². The Morgan fingerprint density at radius 2 is 2.14 bits per heavy atom. The lowest BCUT2D eigenvalue weighted by molar-refractivity contribution is 0.0605. The van der Waals surface area contributed by atoms with Gasteiger partial charge in [0.25, 0.3) is 5.91 Å². The molecule has 7 heteroatoms. The number of carbonyl (C=O) groups excluding carboxylic acids is 2. The minimum atomic E-state index is -0.464. The second-order valence-corrected chi connectivity index (χ2v) is 5.34. The van der Waals surface area contributed by atoms with Crippen LogP contribution in [0.1, 0.15) is 32.6 Å². The minimum Gasteiger partial charge on any atom is -0.494 e. The smallest absolute Gasteiger partial charge is 0.350 e. The zero-order chi connectivity index (χ0) is 16.1. The Bertz CT molecular complexity index is 697. The topological polar surface area (TPSA) is 77.5 Å². The molecule has 1 aromatic heterocycles. The fraction of sp³-hybridized carbons (Fsp3) is 0.267. The number of hydrogen-bond acceptors (Lipinski definition) is 6. The molecule has 1 aromatic carbocycles. The fourth-order valence-corrected chi connectivity index (χ4v) is 2.67. The number of methoxy groups -OCH3 is 1. The Morgan fingerprint density at radius 1 is 1.36 bits per heavy atom. The highest BCUT2D eigenvalue weighted by atomic mass is 32.1. The van der Waals surface area contributed by atoms with Crippen LogP contribution in [0.4, 0.5) is 5.13 Å². The molecule has 0 spiro atoms. The van der Waals surface area contributed by atoms with Crippen LogP contribution in [0.5, 0.6) is 5.75 Å². The molecular formula is C15H16N2O4S. The van der Waals surface area contributed by atoms with Crippen molar-refractivity contribution in [3.05, 3.63) is 40.4 Å². The third kappa shape index (κ3) is 3.62. The first-order valence-corrected chi connectivity index (χ1v) is 7.46. The van der Waals surface area contributed by atoms with Crippen molar-refractivity contribution >= 4 is 28.3 Å². The SMILES string of the molecule is CCOc1cccc(C(=O)Nc2nc(C)c(C(=O)OC)s2)c1. The van der Waals surface area contributed by atoms with Crippen molar-refractivity contribution in [2.75, 3.05) is 19.0 Å². The van der Waals surface area contributed by atoms with Gasteiger partial charge in [0.05, 0.1) is 19.4 Å². The Hall–Kier alpha value is -2.41. The average Bonchev–Trinajstić information content (AvgIpc) is 2.87. The maximum absolute atomic E-state index is 12.2. The average molecular weight is 320 g/mol. The number of thiazole rings is 1. The lowest BCUT2D eigenvalue weighted by Crippen LogP contribution is -2.11. The highest BCUT2D eigenvalue weighted by molar-refractivity contribution is 7.17. The molecule has 0 aliphatic rings. The summed E-state index contributed by atoms with van der Waals surface area (Å²) in [4.78, 5) is 28.3. The molecule has 0 radical (unpaired) electrons. The van der Waals surface area contributed by atoms with Gasteiger partial charge in [0.15, 0.2) is 5.13 Å². The van der Waals surface area contributed by atoms with E-state index in [0.29, 0.717) is 33.6 Å². The highest BCUT2D eigenvalue weighted by Gasteiger charge is 2.17. The molecule has 0 unspecified atom stereocenters. The van der Waals surface area contributed by atoms with E-state index in [1.54, 1.807) is 31.2 Å². The lowest BCUT2D eigenvalue weighted by Gasteiger charge is -2.05. The summed E-state index contributed by atoms with van der Waals surface area (Å²) < 4.78 is 10.0. The molecular weight excluding hydrogens is 304 g/mol. The quantitative estimate of drug-likeness (QED) is 0.857. The number of benzene rings is 1. The van der Waals surface area contributed by atoms with Gasteiger partial charge in [-0.2, -0.15) is 0 Å². The van der Waals surface area contributed by atoms with E-state index in [2.05, 4.69) is 15.0 Å². The summed E-state index contributed by atoms with van der Waals surface area (Å²) in [5.74, 6) is -0.152. The molecule has 22 heavy (non-hydrogen) atoms. The first-order valence-electron chi connectivity index (χ1n) is 6.65. The first-order chi connectivity index (χ1) is 10.5. The van der Waals surface area contributed by atoms with Crippen LogP contribution in [-0.4, -0.2) is 30.6 Å². The molecule has 6 nitrogen and oxygen atoms in total. The standard InChI is InChI=1S/C15H16N2O4S/c1-4-21-11-7-5-6-10(8-11)13(18)17-15-16-9(2)12(22-15)14(19)20-3/h5-8H,4H2,1-3H3,(H,16,17,18). The molecule has 2 aromatic rings. The van der Waals surface area contributed by atoms with E-state index in [9.17, 15) is 9.59 Å². The van der Waals surface area contributed by atoms with Gasteiger partial charge in [0.2, 0.25) is 0 Å². The molecule has 0 saturated carbocycles. The van der Waals surface area contributed by atoms with Crippen LogP contribution in [0.15, 0.2) is 24.3 Å². The number of ether oxygens (including phenoxy) is 2. The number of aromatic nitrogens is 1. The maximum Gasteiger partial charge on any atom is 0.350 e. The van der Waals surface area contributed by atoms with Gasteiger partial charge >= 0.3 is 5.97 Å². The summed E-state index contributed by atoms with van der Waals surface area (Å²) in [6.07, 6.45) is 0. The van der Waals surface area contributed by atoms with E-state index in [1.807, 2.05) is 6.92 Å². The van der Waals surface area contributed by atoms with Crippen LogP contribution in [0.3, 0.4) is 0 Å². The number of carbonyl (C=O) groups is 2. The van der Waals surface area contributed by atoms with Gasteiger partial charge in [0, 0.05) is 5.56 Å². The number of anilines is 1. The van der Waals surface area contributed by atoms with Crippen LogP contribution in [0.2, 0.25) is 0 Å². The molecule has 2 rings (SSSR count). The zero-order valence-electron chi connectivity index (χ0n) is 12.5. The van der Waals surface area contributed by atoms with Crippen molar-refractivity contribution in [2.24, 2.45) is 0 Å². The normalized spacial score (nSPS) is 10.1. The molecule has 1 amide bonds. The number of esters is 1. The zero-order valence-corrected chi connectivity index (χ0v) is 13.3. The Balaban J connectivity index is 2.15. The second-order valence-electron chi connectivity index (χ2n) is 4.34. The Kier molecular flexibility index (Phi) is 5.11. The number of rotatable bonds is 5. The van der Waals surface area contributed by atoms with Crippen molar-refractivity contribution in [3.63, 3.8) is 0 Å². The predicted octanol–water partition coefficient (Wildman–Crippen LogP) is 2.89. The maximum atomic E-state index is 12.2. The number of amides is 1.